The molecule has 2 aliphatic heterocycles. The number of anilines is 1. The number of para-hydroxylation sites is 1. The third-order valence-electron chi connectivity index (χ3n) is 8.10. The molecule has 0 bridgehead atoms. The van der Waals surface area contributed by atoms with Crippen LogP contribution in [0.2, 0.25) is 0 Å². The standard InChI is InChI=1S/C32H34N2O7/c1-5-41-31(37)33(22-11-7-6-8-12-22)18-16-32-25-20-27(39-3)26(38-2)19-21(25)15-17-34(32)29(35)24-14-10-9-13-23(24)28(32)30(36)40-4/h6-14,19-20,28H,5,15-18H2,1-4H3/t28-,32+/m1/s1. The molecule has 3 aromatic carbocycles. The van der Waals surface area contributed by atoms with Gasteiger partial charge in [-0.1, -0.05) is 36.4 Å². The maximum absolute atomic E-state index is 14.2. The molecule has 5 rings (SSSR count). The Labute approximate surface area is 239 Å². The second kappa shape index (κ2) is 11.5. The van der Waals surface area contributed by atoms with E-state index in [1.807, 2.05) is 54.6 Å². The second-order valence-electron chi connectivity index (χ2n) is 9.97. The zero-order valence-electron chi connectivity index (χ0n) is 23.7. The van der Waals surface area contributed by atoms with E-state index < -0.39 is 23.5 Å². The van der Waals surface area contributed by atoms with Crippen LogP contribution in [0.4, 0.5) is 10.5 Å². The Morgan fingerprint density at radius 3 is 2.34 bits per heavy atom. The third-order valence-corrected chi connectivity index (χ3v) is 8.10. The van der Waals surface area contributed by atoms with Gasteiger partial charge in [0.05, 0.1) is 33.5 Å². The predicted octanol–water partition coefficient (Wildman–Crippen LogP) is 4.92. The molecule has 2 atom stereocenters. The highest BCUT2D eigenvalue weighted by Gasteiger charge is 2.58. The summed E-state index contributed by atoms with van der Waals surface area (Å²) >= 11 is 0. The van der Waals surface area contributed by atoms with Gasteiger partial charge in [0.2, 0.25) is 0 Å². The van der Waals surface area contributed by atoms with Crippen molar-refractivity contribution in [1.82, 2.24) is 4.90 Å². The summed E-state index contributed by atoms with van der Waals surface area (Å²) < 4.78 is 22.1. The van der Waals surface area contributed by atoms with Crippen LogP contribution >= 0.6 is 0 Å². The highest BCUT2D eigenvalue weighted by molar-refractivity contribution is 6.01. The summed E-state index contributed by atoms with van der Waals surface area (Å²) in [6.07, 6.45) is 0.268. The van der Waals surface area contributed by atoms with Gasteiger partial charge in [-0.15, -0.1) is 0 Å². The molecule has 2 amide bonds. The van der Waals surface area contributed by atoms with E-state index in [1.165, 1.54) is 7.11 Å². The summed E-state index contributed by atoms with van der Waals surface area (Å²) in [4.78, 5) is 44.5. The molecule has 0 spiro atoms. The number of hydrogen-bond acceptors (Lipinski definition) is 7. The molecule has 0 unspecified atom stereocenters. The smallest absolute Gasteiger partial charge is 0.414 e. The van der Waals surface area contributed by atoms with Crippen LogP contribution in [0.25, 0.3) is 0 Å². The molecular formula is C32H34N2O7. The quantitative estimate of drug-likeness (QED) is 0.362. The predicted molar refractivity (Wildman–Crippen MR) is 153 cm³/mol. The molecule has 0 fully saturated rings. The average molecular weight is 559 g/mol. The van der Waals surface area contributed by atoms with Gasteiger partial charge in [0.25, 0.3) is 5.91 Å². The Hall–Kier alpha value is -4.53. The van der Waals surface area contributed by atoms with Crippen molar-refractivity contribution in [2.75, 3.05) is 45.9 Å². The van der Waals surface area contributed by atoms with E-state index in [1.54, 1.807) is 43.1 Å². The van der Waals surface area contributed by atoms with E-state index in [-0.39, 0.29) is 25.5 Å². The Kier molecular flexibility index (Phi) is 7.88. The van der Waals surface area contributed by atoms with Gasteiger partial charge in [-0.05, 0) is 66.8 Å². The second-order valence-corrected chi connectivity index (χ2v) is 9.97. The third kappa shape index (κ3) is 4.65. The lowest BCUT2D eigenvalue weighted by molar-refractivity contribution is -0.147. The maximum atomic E-state index is 14.2. The fourth-order valence-electron chi connectivity index (χ4n) is 6.32. The van der Waals surface area contributed by atoms with Crippen molar-refractivity contribution >= 4 is 23.7 Å². The van der Waals surface area contributed by atoms with Crippen LogP contribution in [0.5, 0.6) is 11.5 Å². The van der Waals surface area contributed by atoms with Gasteiger partial charge in [-0.3, -0.25) is 14.5 Å². The van der Waals surface area contributed by atoms with Crippen LogP contribution in [0, 0.1) is 0 Å². The molecule has 0 saturated heterocycles. The molecule has 9 nitrogen and oxygen atoms in total. The number of benzene rings is 3. The van der Waals surface area contributed by atoms with Crippen molar-refractivity contribution in [1.29, 1.82) is 0 Å². The Morgan fingerprint density at radius 2 is 1.66 bits per heavy atom. The first-order chi connectivity index (χ1) is 19.9. The first-order valence-electron chi connectivity index (χ1n) is 13.6. The van der Waals surface area contributed by atoms with Crippen molar-refractivity contribution in [3.63, 3.8) is 0 Å². The Balaban J connectivity index is 1.75. The van der Waals surface area contributed by atoms with Gasteiger partial charge in [0.15, 0.2) is 11.5 Å². The molecule has 0 N–H and O–H groups in total. The molecule has 0 aromatic heterocycles. The maximum Gasteiger partial charge on any atom is 0.414 e. The van der Waals surface area contributed by atoms with Crippen LogP contribution in [-0.2, 0) is 26.2 Å². The van der Waals surface area contributed by atoms with Gasteiger partial charge in [-0.25, -0.2) is 4.79 Å². The zero-order chi connectivity index (χ0) is 29.1. The normalized spacial score (nSPS) is 18.9. The number of ether oxygens (including phenoxy) is 4. The van der Waals surface area contributed by atoms with E-state index in [0.29, 0.717) is 41.3 Å². The minimum atomic E-state index is -1.19. The van der Waals surface area contributed by atoms with E-state index in [9.17, 15) is 14.4 Å². The molecule has 0 aliphatic carbocycles. The molecule has 9 heteroatoms. The zero-order valence-corrected chi connectivity index (χ0v) is 23.7. The average Bonchev–Trinajstić information content (AvgIpc) is 3.01. The summed E-state index contributed by atoms with van der Waals surface area (Å²) in [5.41, 5.74) is 2.21. The largest absolute Gasteiger partial charge is 0.493 e. The first-order valence-corrected chi connectivity index (χ1v) is 13.6. The molecule has 2 heterocycles. The monoisotopic (exact) mass is 558 g/mol. The summed E-state index contributed by atoms with van der Waals surface area (Å²) in [6.45, 7) is 2.49. The summed E-state index contributed by atoms with van der Waals surface area (Å²) in [7, 11) is 4.48. The number of nitrogens with zero attached hydrogens (tertiary/aromatic N) is 2. The molecule has 0 radical (unpaired) electrons. The fourth-order valence-corrected chi connectivity index (χ4v) is 6.32. The first kappa shape index (κ1) is 28.0. The van der Waals surface area contributed by atoms with Crippen LogP contribution in [0.1, 0.15) is 46.3 Å². The number of esters is 1. The molecule has 41 heavy (non-hydrogen) atoms. The van der Waals surface area contributed by atoms with Crippen LogP contribution in [0.15, 0.2) is 66.7 Å². The SMILES string of the molecule is CCOC(=O)N(CC[C@@]12c3cc(OC)c(OC)cc3CCN1C(=O)c1ccccc1[C@@H]2C(=O)OC)c1ccccc1. The fraction of sp³-hybridized carbons (Fsp3) is 0.344. The summed E-state index contributed by atoms with van der Waals surface area (Å²) in [6, 6.07) is 20.1. The topological polar surface area (TPSA) is 94.6 Å². The van der Waals surface area contributed by atoms with Crippen LogP contribution < -0.4 is 14.4 Å². The summed E-state index contributed by atoms with van der Waals surface area (Å²) in [5.74, 6) is -0.473. The van der Waals surface area contributed by atoms with E-state index >= 15 is 0 Å². The lowest BCUT2D eigenvalue weighted by Crippen LogP contribution is -2.62. The van der Waals surface area contributed by atoms with Gasteiger partial charge >= 0.3 is 12.1 Å². The highest BCUT2D eigenvalue weighted by Crippen LogP contribution is 2.54. The Morgan fingerprint density at radius 1 is 0.976 bits per heavy atom. The van der Waals surface area contributed by atoms with Crippen LogP contribution in [0.3, 0.4) is 0 Å². The number of methoxy groups -OCH3 is 3. The molecule has 3 aromatic rings. The minimum absolute atomic E-state index is 0.163. The van der Waals surface area contributed by atoms with E-state index in [2.05, 4.69) is 0 Å². The van der Waals surface area contributed by atoms with Gasteiger partial charge in [0, 0.05) is 24.3 Å². The number of carbonyl (C=O) groups excluding carboxylic acids is 3. The Bertz CT molecular complexity index is 1460. The van der Waals surface area contributed by atoms with E-state index in [4.69, 9.17) is 18.9 Å². The highest BCUT2D eigenvalue weighted by atomic mass is 16.6. The van der Waals surface area contributed by atoms with Gasteiger partial charge in [-0.2, -0.15) is 0 Å². The van der Waals surface area contributed by atoms with Crippen molar-refractivity contribution in [2.24, 2.45) is 0 Å². The number of fused-ring (bicyclic) bond motifs is 4. The number of carbonyl (C=O) groups is 3. The number of rotatable bonds is 8. The van der Waals surface area contributed by atoms with Crippen LogP contribution in [-0.4, -0.2) is 63.9 Å². The molecular weight excluding hydrogens is 524 g/mol. The van der Waals surface area contributed by atoms with E-state index in [0.717, 1.165) is 11.1 Å². The molecule has 0 saturated carbocycles. The minimum Gasteiger partial charge on any atom is -0.493 e. The lowest BCUT2D eigenvalue weighted by atomic mass is 9.64. The molecule has 2 aliphatic rings. The van der Waals surface area contributed by atoms with Gasteiger partial charge in [0.1, 0.15) is 5.92 Å². The number of amides is 2. The van der Waals surface area contributed by atoms with Crippen molar-refractivity contribution < 1.29 is 33.3 Å². The van der Waals surface area contributed by atoms with Crippen molar-refractivity contribution in [3.05, 3.63) is 89.0 Å². The van der Waals surface area contributed by atoms with Crippen molar-refractivity contribution in [3.8, 4) is 11.5 Å². The van der Waals surface area contributed by atoms with Crippen molar-refractivity contribution in [2.45, 2.75) is 31.2 Å². The molecule has 214 valence electrons. The van der Waals surface area contributed by atoms with Gasteiger partial charge < -0.3 is 23.8 Å². The summed E-state index contributed by atoms with van der Waals surface area (Å²) in [5, 5.41) is 0. The number of hydrogen-bond donors (Lipinski definition) is 0. The lowest BCUT2D eigenvalue weighted by Gasteiger charge is -2.55.